The van der Waals surface area contributed by atoms with E-state index in [1.807, 2.05) is 11.0 Å². The molecule has 4 rings (SSSR count). The average Bonchev–Trinajstić information content (AvgIpc) is 2.48. The maximum Gasteiger partial charge on any atom is 0.190 e. The molecule has 2 aliphatic rings. The molecule has 1 N–H and O–H groups in total. The van der Waals surface area contributed by atoms with Crippen LogP contribution in [0.5, 0.6) is 0 Å². The quantitative estimate of drug-likeness (QED) is 0.876. The summed E-state index contributed by atoms with van der Waals surface area (Å²) in [6, 6.07) is 4.85. The molecule has 0 radical (unpaired) electrons. The molecule has 0 amide bonds. The topological polar surface area (TPSA) is 37.3 Å². The summed E-state index contributed by atoms with van der Waals surface area (Å²) in [7, 11) is 0. The highest BCUT2D eigenvalue weighted by Crippen LogP contribution is 2.44. The first-order valence-electron chi connectivity index (χ1n) is 7.16. The molecule has 1 aromatic heterocycles. The standard InChI is InChI=1S/C15H16FN3OS/c1-9-19-12-7-13(18-4-2-17-3-5-18)11(16)6-10(12)14(20)8-15(19)21-9/h6-9,17H,2-5H2,1H3/t9-/m0/s1. The second kappa shape index (κ2) is 4.74. The second-order valence-electron chi connectivity index (χ2n) is 5.49. The van der Waals surface area contributed by atoms with E-state index in [0.717, 1.165) is 36.7 Å². The third kappa shape index (κ3) is 1.97. The highest BCUT2D eigenvalue weighted by molar-refractivity contribution is 8.00. The first-order valence-corrected chi connectivity index (χ1v) is 8.04. The second-order valence-corrected chi connectivity index (χ2v) is 6.83. The maximum atomic E-state index is 14.4. The van der Waals surface area contributed by atoms with Gasteiger partial charge < -0.3 is 14.8 Å². The molecule has 1 saturated heterocycles. The summed E-state index contributed by atoms with van der Waals surface area (Å²) in [6.07, 6.45) is 0. The summed E-state index contributed by atoms with van der Waals surface area (Å²) >= 11 is 1.67. The lowest BCUT2D eigenvalue weighted by molar-refractivity contribution is 0.566. The largest absolute Gasteiger partial charge is 0.367 e. The van der Waals surface area contributed by atoms with Gasteiger partial charge in [-0.1, -0.05) is 11.8 Å². The number of benzene rings is 1. The number of fused-ring (bicyclic) bond motifs is 3. The number of nitrogens with one attached hydrogen (secondary N) is 1. The summed E-state index contributed by atoms with van der Waals surface area (Å²) in [4.78, 5) is 14.2. The Bertz CT molecular complexity index is 783. The van der Waals surface area contributed by atoms with Crippen molar-refractivity contribution in [2.75, 3.05) is 31.1 Å². The van der Waals surface area contributed by atoms with Gasteiger partial charge >= 0.3 is 0 Å². The van der Waals surface area contributed by atoms with Crippen LogP contribution < -0.4 is 15.6 Å². The molecule has 0 aliphatic carbocycles. The van der Waals surface area contributed by atoms with E-state index in [2.05, 4.69) is 16.8 Å². The summed E-state index contributed by atoms with van der Waals surface area (Å²) in [6.45, 7) is 5.38. The molecular formula is C15H16FN3OS. The molecule has 1 fully saturated rings. The zero-order valence-corrected chi connectivity index (χ0v) is 12.5. The van der Waals surface area contributed by atoms with Crippen molar-refractivity contribution in [3.8, 4) is 0 Å². The fourth-order valence-corrected chi connectivity index (χ4v) is 4.18. The van der Waals surface area contributed by atoms with E-state index in [4.69, 9.17) is 0 Å². The average molecular weight is 305 g/mol. The first kappa shape index (κ1) is 13.2. The van der Waals surface area contributed by atoms with E-state index < -0.39 is 0 Å². The minimum atomic E-state index is -0.304. The highest BCUT2D eigenvalue weighted by atomic mass is 32.2. The van der Waals surface area contributed by atoms with Crippen molar-refractivity contribution in [2.45, 2.75) is 17.3 Å². The number of anilines is 1. The van der Waals surface area contributed by atoms with Gasteiger partial charge in [-0.3, -0.25) is 4.79 Å². The Morgan fingerprint density at radius 2 is 2.05 bits per heavy atom. The molecule has 1 aromatic carbocycles. The molecule has 0 saturated carbocycles. The summed E-state index contributed by atoms with van der Waals surface area (Å²) in [5.41, 5.74) is 1.36. The number of rotatable bonds is 1. The Morgan fingerprint density at radius 3 is 2.76 bits per heavy atom. The van der Waals surface area contributed by atoms with Gasteiger partial charge in [0.15, 0.2) is 5.43 Å². The Labute approximate surface area is 125 Å². The number of thioether (sulfide) groups is 1. The van der Waals surface area contributed by atoms with Gasteiger partial charge in [0.05, 0.1) is 21.6 Å². The molecule has 0 bridgehead atoms. The Morgan fingerprint density at radius 1 is 1.29 bits per heavy atom. The van der Waals surface area contributed by atoms with Gasteiger partial charge in [0.2, 0.25) is 0 Å². The van der Waals surface area contributed by atoms with Crippen molar-refractivity contribution >= 4 is 28.4 Å². The number of hydrogen-bond donors (Lipinski definition) is 1. The summed E-state index contributed by atoms with van der Waals surface area (Å²) < 4.78 is 16.5. The third-order valence-electron chi connectivity index (χ3n) is 4.19. The van der Waals surface area contributed by atoms with Gasteiger partial charge in [0, 0.05) is 37.6 Å². The molecule has 0 unspecified atom stereocenters. The SMILES string of the molecule is C[C@@H]1Sc2cc(=O)c3cc(F)c(N4CCNCC4)cc3n21. The predicted octanol–water partition coefficient (Wildman–Crippen LogP) is 2.17. The van der Waals surface area contributed by atoms with Crippen LogP contribution in [0.4, 0.5) is 10.1 Å². The van der Waals surface area contributed by atoms with E-state index in [0.29, 0.717) is 16.4 Å². The molecule has 2 aliphatic heterocycles. The van der Waals surface area contributed by atoms with Crippen LogP contribution in [-0.2, 0) is 0 Å². The number of halogens is 1. The third-order valence-corrected chi connectivity index (χ3v) is 5.30. The smallest absolute Gasteiger partial charge is 0.190 e. The molecule has 0 spiro atoms. The van der Waals surface area contributed by atoms with Gasteiger partial charge in [0.1, 0.15) is 5.82 Å². The molecule has 21 heavy (non-hydrogen) atoms. The van der Waals surface area contributed by atoms with Crippen molar-refractivity contribution < 1.29 is 4.39 Å². The zero-order chi connectivity index (χ0) is 14.6. The van der Waals surface area contributed by atoms with Crippen molar-refractivity contribution in [1.29, 1.82) is 0 Å². The monoisotopic (exact) mass is 305 g/mol. The molecule has 1 atom stereocenters. The normalized spacial score (nSPS) is 21.2. The van der Waals surface area contributed by atoms with Gasteiger partial charge in [-0.2, -0.15) is 0 Å². The maximum absolute atomic E-state index is 14.4. The molecule has 2 aromatic rings. The van der Waals surface area contributed by atoms with E-state index in [1.165, 1.54) is 6.07 Å². The molecule has 3 heterocycles. The number of aromatic nitrogens is 1. The van der Waals surface area contributed by atoms with Crippen molar-refractivity contribution in [2.24, 2.45) is 0 Å². The van der Waals surface area contributed by atoms with Gasteiger partial charge in [0.25, 0.3) is 0 Å². The lowest BCUT2D eigenvalue weighted by atomic mass is 10.1. The molecule has 110 valence electrons. The Hall–Kier alpha value is -1.53. The highest BCUT2D eigenvalue weighted by Gasteiger charge is 2.26. The number of hydrogen-bond acceptors (Lipinski definition) is 4. The minimum Gasteiger partial charge on any atom is -0.367 e. The zero-order valence-electron chi connectivity index (χ0n) is 11.7. The van der Waals surface area contributed by atoms with Crippen LogP contribution in [0.3, 0.4) is 0 Å². The number of piperazine rings is 1. The Kier molecular flexibility index (Phi) is 2.97. The molecular weight excluding hydrogens is 289 g/mol. The van der Waals surface area contributed by atoms with E-state index in [1.54, 1.807) is 17.8 Å². The van der Waals surface area contributed by atoms with Crippen molar-refractivity contribution in [3.63, 3.8) is 0 Å². The number of nitrogens with zero attached hydrogens (tertiary/aromatic N) is 2. The summed E-state index contributed by atoms with van der Waals surface area (Å²) in [5, 5.41) is 5.01. The fourth-order valence-electron chi connectivity index (χ4n) is 3.12. The van der Waals surface area contributed by atoms with Crippen LogP contribution >= 0.6 is 11.8 Å². The molecule has 6 heteroatoms. The summed E-state index contributed by atoms with van der Waals surface area (Å²) in [5.74, 6) is -0.304. The van der Waals surface area contributed by atoms with Crippen LogP contribution in [0.2, 0.25) is 0 Å². The van der Waals surface area contributed by atoms with Crippen LogP contribution in [0.25, 0.3) is 10.9 Å². The first-order chi connectivity index (χ1) is 10.1. The number of pyridine rings is 1. The lowest BCUT2D eigenvalue weighted by Gasteiger charge is -2.33. The van der Waals surface area contributed by atoms with E-state index in [-0.39, 0.29) is 11.2 Å². The fraction of sp³-hybridized carbons (Fsp3) is 0.400. The van der Waals surface area contributed by atoms with Crippen LogP contribution in [0, 0.1) is 5.82 Å². The van der Waals surface area contributed by atoms with Crippen LogP contribution in [0.1, 0.15) is 12.3 Å². The lowest BCUT2D eigenvalue weighted by Crippen LogP contribution is -2.44. The van der Waals surface area contributed by atoms with Crippen molar-refractivity contribution in [3.05, 3.63) is 34.2 Å². The Balaban J connectivity index is 1.93. The van der Waals surface area contributed by atoms with Crippen LogP contribution in [-0.4, -0.2) is 30.7 Å². The van der Waals surface area contributed by atoms with Gasteiger partial charge in [-0.05, 0) is 19.1 Å². The van der Waals surface area contributed by atoms with Crippen LogP contribution in [0.15, 0.2) is 28.0 Å². The minimum absolute atomic E-state index is 0.0959. The van der Waals surface area contributed by atoms with Crippen molar-refractivity contribution in [1.82, 2.24) is 9.88 Å². The molecule has 4 nitrogen and oxygen atoms in total. The van der Waals surface area contributed by atoms with Gasteiger partial charge in [-0.25, -0.2) is 4.39 Å². The predicted molar refractivity (Wildman–Crippen MR) is 83.8 cm³/mol. The van der Waals surface area contributed by atoms with Gasteiger partial charge in [-0.15, -0.1) is 0 Å². The van der Waals surface area contributed by atoms with E-state index in [9.17, 15) is 9.18 Å². The van der Waals surface area contributed by atoms with E-state index >= 15 is 0 Å².